The number of halogens is 2. The van der Waals surface area contributed by atoms with Crippen LogP contribution >= 0.6 is 27.5 Å². The maximum absolute atomic E-state index is 13.4. The molecule has 1 aliphatic heterocycles. The van der Waals surface area contributed by atoms with Gasteiger partial charge in [0.1, 0.15) is 0 Å². The Morgan fingerprint density at radius 1 is 1.14 bits per heavy atom. The Balaban J connectivity index is 2.14. The molecule has 5 nitrogen and oxygen atoms in total. The van der Waals surface area contributed by atoms with Gasteiger partial charge in [0, 0.05) is 11.0 Å². The maximum atomic E-state index is 13.4. The molecule has 2 amide bonds. The van der Waals surface area contributed by atoms with Crippen molar-refractivity contribution in [2.24, 2.45) is 0 Å². The molecule has 2 aromatic rings. The molecule has 0 saturated heterocycles. The van der Waals surface area contributed by atoms with Gasteiger partial charge in [-0.25, -0.2) is 4.79 Å². The van der Waals surface area contributed by atoms with Crippen LogP contribution in [0.15, 0.2) is 34.8 Å². The first-order chi connectivity index (χ1) is 13.8. The van der Waals surface area contributed by atoms with E-state index in [1.165, 1.54) is 0 Å². The van der Waals surface area contributed by atoms with Gasteiger partial charge in [-0.05, 0) is 68.7 Å². The van der Waals surface area contributed by atoms with Crippen LogP contribution in [0.5, 0.6) is 0 Å². The first-order valence-electron chi connectivity index (χ1n) is 9.62. The minimum absolute atomic E-state index is 0.186. The van der Waals surface area contributed by atoms with E-state index in [0.29, 0.717) is 41.5 Å². The molecule has 3 rings (SSSR count). The van der Waals surface area contributed by atoms with Crippen molar-refractivity contribution >= 4 is 50.9 Å². The van der Waals surface area contributed by atoms with Crippen LogP contribution in [0.25, 0.3) is 0 Å². The Kier molecular flexibility index (Phi) is 6.54. The van der Waals surface area contributed by atoms with Crippen LogP contribution in [0.3, 0.4) is 0 Å². The lowest BCUT2D eigenvalue weighted by Crippen LogP contribution is -2.53. The second-order valence-corrected chi connectivity index (χ2v) is 8.42. The molecule has 0 spiro atoms. The standard InChI is InChI=1S/C22H24BrClN2O3/c1-5-16-12-25(21(27)17-8-7-15(23)11-18(17)24)19-9-13(3)14(4)10-20(19)26(16)22(28)29-6-2/h7-11,16H,5-6,12H2,1-4H3. The molecule has 1 unspecified atom stereocenters. The number of hydrogen-bond acceptors (Lipinski definition) is 3. The molecular formula is C22H24BrClN2O3. The molecule has 0 fully saturated rings. The van der Waals surface area contributed by atoms with Crippen molar-refractivity contribution in [3.05, 3.63) is 56.5 Å². The summed E-state index contributed by atoms with van der Waals surface area (Å²) >= 11 is 9.73. The first-order valence-corrected chi connectivity index (χ1v) is 10.8. The highest BCUT2D eigenvalue weighted by Crippen LogP contribution is 2.40. The van der Waals surface area contributed by atoms with Crippen LogP contribution in [0, 0.1) is 13.8 Å². The first kappa shape index (κ1) is 21.7. The summed E-state index contributed by atoms with van der Waals surface area (Å²) in [6, 6.07) is 8.94. The molecule has 1 aliphatic rings. The highest BCUT2D eigenvalue weighted by Gasteiger charge is 2.38. The van der Waals surface area contributed by atoms with E-state index >= 15 is 0 Å². The number of anilines is 2. The van der Waals surface area contributed by atoms with Crippen LogP contribution in [0.2, 0.25) is 5.02 Å². The smallest absolute Gasteiger partial charge is 0.414 e. The quantitative estimate of drug-likeness (QED) is 0.533. The molecule has 2 aromatic carbocycles. The second kappa shape index (κ2) is 8.76. The molecule has 1 heterocycles. The Morgan fingerprint density at radius 3 is 2.38 bits per heavy atom. The normalized spacial score (nSPS) is 15.9. The number of ether oxygens (including phenoxy) is 1. The van der Waals surface area contributed by atoms with E-state index in [4.69, 9.17) is 16.3 Å². The Hall–Kier alpha value is -2.05. The summed E-state index contributed by atoms with van der Waals surface area (Å²) in [7, 11) is 0. The van der Waals surface area contributed by atoms with Gasteiger partial charge in [0.25, 0.3) is 5.91 Å². The van der Waals surface area contributed by atoms with Crippen molar-refractivity contribution in [3.63, 3.8) is 0 Å². The minimum atomic E-state index is -0.391. The number of hydrogen-bond donors (Lipinski definition) is 0. The number of aryl methyl sites for hydroxylation is 2. The van der Waals surface area contributed by atoms with E-state index in [-0.39, 0.29) is 11.9 Å². The van der Waals surface area contributed by atoms with Gasteiger partial charge in [-0.3, -0.25) is 9.69 Å². The number of benzene rings is 2. The monoisotopic (exact) mass is 478 g/mol. The van der Waals surface area contributed by atoms with Crippen LogP contribution < -0.4 is 9.80 Å². The van der Waals surface area contributed by atoms with E-state index in [2.05, 4.69) is 15.9 Å². The molecule has 1 atom stereocenters. The zero-order valence-electron chi connectivity index (χ0n) is 17.0. The van der Waals surface area contributed by atoms with Crippen LogP contribution in [-0.2, 0) is 4.74 Å². The SMILES string of the molecule is CCOC(=O)N1c2cc(C)c(C)cc2N(C(=O)c2ccc(Br)cc2Cl)CC1CC. The number of carbonyl (C=O) groups is 2. The summed E-state index contributed by atoms with van der Waals surface area (Å²) in [5, 5.41) is 0.385. The Morgan fingerprint density at radius 2 is 1.79 bits per heavy atom. The van der Waals surface area contributed by atoms with Crippen molar-refractivity contribution in [2.45, 2.75) is 40.2 Å². The van der Waals surface area contributed by atoms with Gasteiger partial charge in [0.05, 0.1) is 34.6 Å². The lowest BCUT2D eigenvalue weighted by Gasteiger charge is -2.42. The van der Waals surface area contributed by atoms with Crippen LogP contribution in [0.4, 0.5) is 16.2 Å². The predicted molar refractivity (Wildman–Crippen MR) is 120 cm³/mol. The predicted octanol–water partition coefficient (Wildman–Crippen LogP) is 6.12. The van der Waals surface area contributed by atoms with Gasteiger partial charge in [0.15, 0.2) is 0 Å². The van der Waals surface area contributed by atoms with Gasteiger partial charge in [0.2, 0.25) is 0 Å². The van der Waals surface area contributed by atoms with Crippen molar-refractivity contribution in [1.82, 2.24) is 0 Å². The van der Waals surface area contributed by atoms with Gasteiger partial charge in [-0.2, -0.15) is 0 Å². The third kappa shape index (κ3) is 4.14. The summed E-state index contributed by atoms with van der Waals surface area (Å²) in [6.07, 6.45) is 0.292. The minimum Gasteiger partial charge on any atom is -0.449 e. The molecule has 7 heteroatoms. The average Bonchev–Trinajstić information content (AvgIpc) is 2.67. The molecule has 0 radical (unpaired) electrons. The topological polar surface area (TPSA) is 49.9 Å². The van der Waals surface area contributed by atoms with E-state index < -0.39 is 6.09 Å². The molecule has 0 aliphatic carbocycles. The molecule has 0 N–H and O–H groups in total. The molecule has 29 heavy (non-hydrogen) atoms. The number of rotatable bonds is 3. The zero-order chi connectivity index (χ0) is 21.3. The molecular weight excluding hydrogens is 456 g/mol. The van der Waals surface area contributed by atoms with Gasteiger partial charge in [-0.15, -0.1) is 0 Å². The average molecular weight is 480 g/mol. The Labute approximate surface area is 184 Å². The van der Waals surface area contributed by atoms with E-state index in [9.17, 15) is 9.59 Å². The largest absolute Gasteiger partial charge is 0.449 e. The number of fused-ring (bicyclic) bond motifs is 1. The summed E-state index contributed by atoms with van der Waals surface area (Å²) in [5.74, 6) is -0.186. The van der Waals surface area contributed by atoms with Crippen molar-refractivity contribution in [3.8, 4) is 0 Å². The summed E-state index contributed by atoms with van der Waals surface area (Å²) in [4.78, 5) is 29.6. The molecule has 0 aromatic heterocycles. The van der Waals surface area contributed by atoms with Crippen LogP contribution in [0.1, 0.15) is 41.8 Å². The van der Waals surface area contributed by atoms with E-state index in [1.54, 1.807) is 34.9 Å². The highest BCUT2D eigenvalue weighted by molar-refractivity contribution is 9.10. The number of amides is 2. The third-order valence-corrected chi connectivity index (χ3v) is 6.05. The molecule has 0 saturated carbocycles. The lowest BCUT2D eigenvalue weighted by atomic mass is 9.99. The summed E-state index contributed by atoms with van der Waals surface area (Å²) < 4.78 is 6.12. The van der Waals surface area contributed by atoms with E-state index in [0.717, 1.165) is 15.6 Å². The maximum Gasteiger partial charge on any atom is 0.414 e. The fraction of sp³-hybridized carbons (Fsp3) is 0.364. The summed E-state index contributed by atoms with van der Waals surface area (Å²) in [5.41, 5.74) is 3.89. The lowest BCUT2D eigenvalue weighted by molar-refractivity contribution is 0.0981. The summed E-state index contributed by atoms with van der Waals surface area (Å²) in [6.45, 7) is 8.44. The third-order valence-electron chi connectivity index (χ3n) is 5.24. The van der Waals surface area contributed by atoms with Crippen LogP contribution in [-0.4, -0.2) is 31.2 Å². The van der Waals surface area contributed by atoms with Gasteiger partial charge in [-0.1, -0.05) is 34.5 Å². The Bertz CT molecular complexity index is 963. The fourth-order valence-electron chi connectivity index (χ4n) is 3.54. The highest BCUT2D eigenvalue weighted by atomic mass is 79.9. The van der Waals surface area contributed by atoms with Crippen molar-refractivity contribution < 1.29 is 14.3 Å². The number of nitrogens with zero attached hydrogens (tertiary/aromatic N) is 2. The second-order valence-electron chi connectivity index (χ2n) is 7.10. The van der Waals surface area contributed by atoms with Gasteiger partial charge >= 0.3 is 6.09 Å². The van der Waals surface area contributed by atoms with Crippen molar-refractivity contribution in [1.29, 1.82) is 0 Å². The zero-order valence-corrected chi connectivity index (χ0v) is 19.3. The van der Waals surface area contributed by atoms with Crippen molar-refractivity contribution in [2.75, 3.05) is 23.0 Å². The number of carbonyl (C=O) groups excluding carboxylic acids is 2. The fourth-order valence-corrected chi connectivity index (χ4v) is 4.29. The van der Waals surface area contributed by atoms with E-state index in [1.807, 2.05) is 32.9 Å². The molecule has 154 valence electrons. The molecule has 0 bridgehead atoms. The van der Waals surface area contributed by atoms with Gasteiger partial charge < -0.3 is 9.64 Å².